The Kier molecular flexibility index (Phi) is 3.69. The highest BCUT2D eigenvalue weighted by molar-refractivity contribution is 6.31. The Balaban J connectivity index is 2.43. The molecule has 0 radical (unpaired) electrons. The Bertz CT molecular complexity index is 517. The van der Waals surface area contributed by atoms with E-state index in [-0.39, 0.29) is 0 Å². The topological polar surface area (TPSA) is 43.8 Å². The highest BCUT2D eigenvalue weighted by Gasteiger charge is 2.10. The van der Waals surface area contributed by atoms with Crippen molar-refractivity contribution in [1.82, 2.24) is 9.55 Å². The first-order valence-electron chi connectivity index (χ1n) is 5.96. The third kappa shape index (κ3) is 2.61. The molecule has 0 aliphatic carbocycles. The molecule has 0 saturated carbocycles. The molecule has 2 rings (SSSR count). The van der Waals surface area contributed by atoms with Gasteiger partial charge in [-0.3, -0.25) is 0 Å². The van der Waals surface area contributed by atoms with E-state index in [9.17, 15) is 0 Å². The molecule has 0 spiro atoms. The fourth-order valence-electron chi connectivity index (χ4n) is 1.95. The number of aryl methyl sites for hydroxylation is 1. The Morgan fingerprint density at radius 2 is 2.18 bits per heavy atom. The maximum absolute atomic E-state index is 5.97. The molecule has 0 atom stereocenters. The van der Waals surface area contributed by atoms with Crippen LogP contribution in [0.3, 0.4) is 0 Å². The molecular formula is C13H18ClN3. The molecule has 0 bridgehead atoms. The van der Waals surface area contributed by atoms with Crippen LogP contribution in [0.4, 0.5) is 0 Å². The number of benzene rings is 1. The van der Waals surface area contributed by atoms with Gasteiger partial charge in [-0.1, -0.05) is 25.4 Å². The van der Waals surface area contributed by atoms with Crippen molar-refractivity contribution >= 4 is 22.6 Å². The molecule has 17 heavy (non-hydrogen) atoms. The second-order valence-electron chi connectivity index (χ2n) is 4.70. The molecule has 0 fully saturated rings. The van der Waals surface area contributed by atoms with Gasteiger partial charge in [-0.05, 0) is 30.5 Å². The van der Waals surface area contributed by atoms with Crippen LogP contribution < -0.4 is 5.73 Å². The van der Waals surface area contributed by atoms with E-state index >= 15 is 0 Å². The highest BCUT2D eigenvalue weighted by Crippen LogP contribution is 2.21. The zero-order chi connectivity index (χ0) is 12.4. The first-order valence-corrected chi connectivity index (χ1v) is 6.34. The van der Waals surface area contributed by atoms with Crippen LogP contribution >= 0.6 is 11.6 Å². The van der Waals surface area contributed by atoms with Crippen molar-refractivity contribution in [2.24, 2.45) is 11.7 Å². The van der Waals surface area contributed by atoms with Crippen LogP contribution in [-0.4, -0.2) is 9.55 Å². The number of halogens is 1. The number of fused-ring (bicyclic) bond motifs is 1. The summed E-state index contributed by atoms with van der Waals surface area (Å²) in [4.78, 5) is 4.52. The molecule has 2 aromatic rings. The average Bonchev–Trinajstić information content (AvgIpc) is 2.63. The first kappa shape index (κ1) is 12.4. The predicted octanol–water partition coefficient (Wildman–Crippen LogP) is 3.19. The molecule has 4 heteroatoms. The molecular weight excluding hydrogens is 234 g/mol. The monoisotopic (exact) mass is 251 g/mol. The fraction of sp³-hybridized carbons (Fsp3) is 0.462. The van der Waals surface area contributed by atoms with Crippen molar-refractivity contribution in [1.29, 1.82) is 0 Å². The second kappa shape index (κ2) is 5.07. The Labute approximate surface area is 107 Å². The van der Waals surface area contributed by atoms with E-state index in [0.29, 0.717) is 12.5 Å². The van der Waals surface area contributed by atoms with Gasteiger partial charge in [0.25, 0.3) is 0 Å². The molecule has 1 aromatic carbocycles. The molecule has 0 aliphatic rings. The minimum absolute atomic E-state index is 0.463. The van der Waals surface area contributed by atoms with Gasteiger partial charge in [-0.15, -0.1) is 0 Å². The standard InChI is InChI=1S/C13H18ClN3/c1-9(2)5-6-17-12-4-3-10(14)7-11(12)16-13(17)8-15/h3-4,7,9H,5-6,8,15H2,1-2H3. The lowest BCUT2D eigenvalue weighted by atomic mass is 10.1. The SMILES string of the molecule is CC(C)CCn1c(CN)nc2cc(Cl)ccc21. The summed E-state index contributed by atoms with van der Waals surface area (Å²) in [7, 11) is 0. The summed E-state index contributed by atoms with van der Waals surface area (Å²) in [6.45, 7) is 5.86. The lowest BCUT2D eigenvalue weighted by Crippen LogP contribution is -2.09. The Hall–Kier alpha value is -1.06. The number of nitrogens with two attached hydrogens (primary N) is 1. The number of rotatable bonds is 4. The second-order valence-corrected chi connectivity index (χ2v) is 5.14. The van der Waals surface area contributed by atoms with E-state index in [1.54, 1.807) is 0 Å². The summed E-state index contributed by atoms with van der Waals surface area (Å²) < 4.78 is 2.20. The number of imidazole rings is 1. The summed E-state index contributed by atoms with van der Waals surface area (Å²) in [6, 6.07) is 5.81. The van der Waals surface area contributed by atoms with Gasteiger partial charge in [0.2, 0.25) is 0 Å². The van der Waals surface area contributed by atoms with Gasteiger partial charge in [0.1, 0.15) is 5.82 Å². The van der Waals surface area contributed by atoms with Crippen molar-refractivity contribution in [3.05, 3.63) is 29.0 Å². The van der Waals surface area contributed by atoms with Gasteiger partial charge >= 0.3 is 0 Å². The van der Waals surface area contributed by atoms with Crippen molar-refractivity contribution in [2.45, 2.75) is 33.4 Å². The van der Waals surface area contributed by atoms with Crippen LogP contribution in [-0.2, 0) is 13.1 Å². The number of hydrogen-bond donors (Lipinski definition) is 1. The van der Waals surface area contributed by atoms with Gasteiger partial charge in [0.15, 0.2) is 0 Å². The van der Waals surface area contributed by atoms with E-state index in [1.807, 2.05) is 18.2 Å². The summed E-state index contributed by atoms with van der Waals surface area (Å²) in [5, 5.41) is 0.717. The molecule has 0 saturated heterocycles. The summed E-state index contributed by atoms with van der Waals surface area (Å²) in [5.41, 5.74) is 7.80. The van der Waals surface area contributed by atoms with Gasteiger partial charge in [-0.25, -0.2) is 4.98 Å². The molecule has 0 aliphatic heterocycles. The van der Waals surface area contributed by atoms with E-state index in [4.69, 9.17) is 17.3 Å². The summed E-state index contributed by atoms with van der Waals surface area (Å²) in [5.74, 6) is 1.60. The Morgan fingerprint density at radius 3 is 2.82 bits per heavy atom. The lowest BCUT2D eigenvalue weighted by Gasteiger charge is -2.09. The number of aromatic nitrogens is 2. The van der Waals surface area contributed by atoms with Crippen molar-refractivity contribution < 1.29 is 0 Å². The summed E-state index contributed by atoms with van der Waals surface area (Å²) in [6.07, 6.45) is 1.13. The molecule has 0 amide bonds. The van der Waals surface area contributed by atoms with Crippen LogP contribution in [0.1, 0.15) is 26.1 Å². The normalized spacial score (nSPS) is 11.6. The first-order chi connectivity index (χ1) is 8.11. The van der Waals surface area contributed by atoms with Crippen LogP contribution in [0.2, 0.25) is 5.02 Å². The van der Waals surface area contributed by atoms with Gasteiger partial charge in [0, 0.05) is 11.6 Å². The Morgan fingerprint density at radius 1 is 1.41 bits per heavy atom. The maximum Gasteiger partial charge on any atom is 0.123 e. The molecule has 3 nitrogen and oxygen atoms in total. The van der Waals surface area contributed by atoms with Crippen LogP contribution in [0.25, 0.3) is 11.0 Å². The van der Waals surface area contributed by atoms with Crippen LogP contribution in [0.15, 0.2) is 18.2 Å². The largest absolute Gasteiger partial charge is 0.327 e. The molecule has 2 N–H and O–H groups in total. The molecule has 92 valence electrons. The maximum atomic E-state index is 5.97. The fourth-order valence-corrected chi connectivity index (χ4v) is 2.11. The average molecular weight is 252 g/mol. The third-order valence-corrected chi connectivity index (χ3v) is 3.14. The van der Waals surface area contributed by atoms with Gasteiger partial charge < -0.3 is 10.3 Å². The van der Waals surface area contributed by atoms with Crippen molar-refractivity contribution in [2.75, 3.05) is 0 Å². The van der Waals surface area contributed by atoms with Gasteiger partial charge in [-0.2, -0.15) is 0 Å². The van der Waals surface area contributed by atoms with E-state index in [0.717, 1.165) is 34.8 Å². The van der Waals surface area contributed by atoms with E-state index in [2.05, 4.69) is 23.4 Å². The third-order valence-electron chi connectivity index (χ3n) is 2.90. The van der Waals surface area contributed by atoms with Crippen molar-refractivity contribution in [3.8, 4) is 0 Å². The zero-order valence-electron chi connectivity index (χ0n) is 10.3. The summed E-state index contributed by atoms with van der Waals surface area (Å²) >= 11 is 5.97. The lowest BCUT2D eigenvalue weighted by molar-refractivity contribution is 0.512. The van der Waals surface area contributed by atoms with Gasteiger partial charge in [0.05, 0.1) is 17.6 Å². The number of nitrogens with zero attached hydrogens (tertiary/aromatic N) is 2. The number of hydrogen-bond acceptors (Lipinski definition) is 2. The zero-order valence-corrected chi connectivity index (χ0v) is 11.0. The smallest absolute Gasteiger partial charge is 0.123 e. The molecule has 1 heterocycles. The van der Waals surface area contributed by atoms with E-state index in [1.165, 1.54) is 0 Å². The van der Waals surface area contributed by atoms with Crippen molar-refractivity contribution in [3.63, 3.8) is 0 Å². The predicted molar refractivity (Wildman–Crippen MR) is 72.1 cm³/mol. The quantitative estimate of drug-likeness (QED) is 0.907. The minimum Gasteiger partial charge on any atom is -0.327 e. The van der Waals surface area contributed by atoms with E-state index < -0.39 is 0 Å². The van der Waals surface area contributed by atoms with Crippen LogP contribution in [0, 0.1) is 5.92 Å². The highest BCUT2D eigenvalue weighted by atomic mass is 35.5. The molecule has 0 unspecified atom stereocenters. The molecule has 1 aromatic heterocycles. The van der Waals surface area contributed by atoms with Crippen LogP contribution in [0.5, 0.6) is 0 Å². The minimum atomic E-state index is 0.463.